The van der Waals surface area contributed by atoms with Gasteiger partial charge in [-0.15, -0.1) is 0 Å². The number of rotatable bonds is 4. The van der Waals surface area contributed by atoms with Crippen LogP contribution in [0.3, 0.4) is 0 Å². The molecule has 0 fully saturated rings. The van der Waals surface area contributed by atoms with E-state index in [9.17, 15) is 5.11 Å². The van der Waals surface area contributed by atoms with E-state index in [0.717, 1.165) is 0 Å². The molecule has 0 aliphatic heterocycles. The van der Waals surface area contributed by atoms with E-state index in [1.54, 1.807) is 33.0 Å². The highest BCUT2D eigenvalue weighted by Gasteiger charge is 2.09. The fraction of sp³-hybridized carbons (Fsp3) is 0.625. The van der Waals surface area contributed by atoms with Crippen molar-refractivity contribution in [1.29, 1.82) is 5.41 Å². The van der Waals surface area contributed by atoms with Crippen molar-refractivity contribution in [3.8, 4) is 0 Å². The van der Waals surface area contributed by atoms with Gasteiger partial charge in [-0.05, 0) is 33.0 Å². The first-order valence-corrected chi connectivity index (χ1v) is 3.59. The van der Waals surface area contributed by atoms with Gasteiger partial charge in [0.05, 0.1) is 5.60 Å². The smallest absolute Gasteiger partial charge is 0.0763 e. The third-order valence-corrected chi connectivity index (χ3v) is 0.986. The van der Waals surface area contributed by atoms with E-state index >= 15 is 0 Å². The predicted octanol–water partition coefficient (Wildman–Crippen LogP) is 0.900. The lowest BCUT2D eigenvalue weighted by atomic mass is 10.1. The second kappa shape index (κ2) is 4.13. The number of hydrogen-bond acceptors (Lipinski definition) is 3. The van der Waals surface area contributed by atoms with Gasteiger partial charge in [-0.3, -0.25) is 0 Å². The molecular weight excluding hydrogens is 140 g/mol. The molecule has 0 saturated heterocycles. The molecule has 0 amide bonds. The van der Waals surface area contributed by atoms with Gasteiger partial charge in [0.1, 0.15) is 0 Å². The zero-order valence-corrected chi connectivity index (χ0v) is 7.31. The van der Waals surface area contributed by atoms with Gasteiger partial charge in [0, 0.05) is 12.3 Å². The SMILES string of the molecule is CC(=N)/C=C\NCC(C)(C)O. The highest BCUT2D eigenvalue weighted by molar-refractivity contribution is 5.89. The van der Waals surface area contributed by atoms with Gasteiger partial charge in [0.2, 0.25) is 0 Å². The summed E-state index contributed by atoms with van der Waals surface area (Å²) in [5.41, 5.74) is -0.200. The van der Waals surface area contributed by atoms with Crippen molar-refractivity contribution in [3.05, 3.63) is 12.3 Å². The highest BCUT2D eigenvalue weighted by Crippen LogP contribution is 1.96. The fourth-order valence-corrected chi connectivity index (χ4v) is 0.493. The molecule has 0 rings (SSSR count). The quantitative estimate of drug-likeness (QED) is 0.530. The van der Waals surface area contributed by atoms with Gasteiger partial charge < -0.3 is 15.8 Å². The Kier molecular flexibility index (Phi) is 3.82. The summed E-state index contributed by atoms with van der Waals surface area (Å²) in [6.45, 7) is 5.65. The van der Waals surface area contributed by atoms with Crippen LogP contribution in [0.25, 0.3) is 0 Å². The van der Waals surface area contributed by atoms with E-state index in [1.165, 1.54) is 0 Å². The average Bonchev–Trinajstić information content (AvgIpc) is 1.78. The first-order valence-electron chi connectivity index (χ1n) is 3.59. The van der Waals surface area contributed by atoms with E-state index in [2.05, 4.69) is 5.32 Å². The van der Waals surface area contributed by atoms with Gasteiger partial charge in [-0.2, -0.15) is 0 Å². The van der Waals surface area contributed by atoms with Crippen molar-refractivity contribution in [3.63, 3.8) is 0 Å². The lowest BCUT2D eigenvalue weighted by Crippen LogP contribution is -2.31. The Morgan fingerprint density at radius 2 is 2.18 bits per heavy atom. The molecule has 0 aromatic rings. The zero-order valence-electron chi connectivity index (χ0n) is 7.31. The summed E-state index contributed by atoms with van der Waals surface area (Å²) >= 11 is 0. The molecule has 64 valence electrons. The number of aliphatic hydroxyl groups is 1. The Labute approximate surface area is 67.6 Å². The molecule has 0 heterocycles. The van der Waals surface area contributed by atoms with Crippen LogP contribution in [-0.2, 0) is 0 Å². The maximum atomic E-state index is 9.23. The van der Waals surface area contributed by atoms with Gasteiger partial charge >= 0.3 is 0 Å². The Morgan fingerprint density at radius 1 is 1.64 bits per heavy atom. The molecule has 0 bridgehead atoms. The summed E-state index contributed by atoms with van der Waals surface area (Å²) < 4.78 is 0. The first-order chi connectivity index (χ1) is 4.92. The van der Waals surface area contributed by atoms with E-state index in [4.69, 9.17) is 5.41 Å². The molecule has 0 aliphatic carbocycles. The Bertz CT molecular complexity index is 156. The largest absolute Gasteiger partial charge is 0.389 e. The van der Waals surface area contributed by atoms with Crippen molar-refractivity contribution in [2.45, 2.75) is 26.4 Å². The van der Waals surface area contributed by atoms with Crippen LogP contribution in [0.4, 0.5) is 0 Å². The molecule has 0 saturated carbocycles. The summed E-state index contributed by atoms with van der Waals surface area (Å²) in [5.74, 6) is 0. The molecule has 0 radical (unpaired) electrons. The molecule has 0 aliphatic rings. The van der Waals surface area contributed by atoms with Gasteiger partial charge in [0.15, 0.2) is 0 Å². The molecule has 0 aromatic heterocycles. The third kappa shape index (κ3) is 9.17. The van der Waals surface area contributed by atoms with Crippen molar-refractivity contribution < 1.29 is 5.11 Å². The summed E-state index contributed by atoms with van der Waals surface area (Å²) in [4.78, 5) is 0. The zero-order chi connectivity index (χ0) is 8.91. The van der Waals surface area contributed by atoms with Crippen LogP contribution in [0.5, 0.6) is 0 Å². The Morgan fingerprint density at radius 3 is 2.55 bits per heavy atom. The van der Waals surface area contributed by atoms with Crippen molar-refractivity contribution in [1.82, 2.24) is 5.32 Å². The monoisotopic (exact) mass is 156 g/mol. The summed E-state index contributed by atoms with van der Waals surface area (Å²) in [5, 5.41) is 19.2. The fourth-order valence-electron chi connectivity index (χ4n) is 0.493. The van der Waals surface area contributed by atoms with Crippen LogP contribution in [0, 0.1) is 5.41 Å². The predicted molar refractivity (Wildman–Crippen MR) is 46.8 cm³/mol. The number of hydrogen-bond donors (Lipinski definition) is 3. The van der Waals surface area contributed by atoms with E-state index in [-0.39, 0.29) is 0 Å². The summed E-state index contributed by atoms with van der Waals surface area (Å²) in [6.07, 6.45) is 3.31. The third-order valence-electron chi connectivity index (χ3n) is 0.986. The van der Waals surface area contributed by atoms with Gasteiger partial charge in [-0.1, -0.05) is 0 Å². The maximum Gasteiger partial charge on any atom is 0.0763 e. The van der Waals surface area contributed by atoms with Gasteiger partial charge in [-0.25, -0.2) is 0 Å². The Hall–Kier alpha value is -0.830. The normalized spacial score (nSPS) is 12.0. The Balaban J connectivity index is 3.50. The lowest BCUT2D eigenvalue weighted by Gasteiger charge is -2.16. The van der Waals surface area contributed by atoms with Gasteiger partial charge in [0.25, 0.3) is 0 Å². The number of allylic oxidation sites excluding steroid dienone is 1. The van der Waals surface area contributed by atoms with Crippen LogP contribution in [0.15, 0.2) is 12.3 Å². The van der Waals surface area contributed by atoms with Crippen LogP contribution >= 0.6 is 0 Å². The molecule has 11 heavy (non-hydrogen) atoms. The molecule has 3 N–H and O–H groups in total. The van der Waals surface area contributed by atoms with Crippen LogP contribution in [0.2, 0.25) is 0 Å². The van der Waals surface area contributed by atoms with Crippen LogP contribution in [-0.4, -0.2) is 23.0 Å². The maximum absolute atomic E-state index is 9.23. The second-order valence-corrected chi connectivity index (χ2v) is 3.21. The van der Waals surface area contributed by atoms with E-state index in [0.29, 0.717) is 12.3 Å². The summed E-state index contributed by atoms with van der Waals surface area (Å²) in [6, 6.07) is 0. The second-order valence-electron chi connectivity index (χ2n) is 3.21. The molecule has 3 nitrogen and oxygen atoms in total. The molecule has 0 unspecified atom stereocenters. The van der Waals surface area contributed by atoms with E-state index in [1.807, 2.05) is 0 Å². The highest BCUT2D eigenvalue weighted by atomic mass is 16.3. The van der Waals surface area contributed by atoms with Crippen molar-refractivity contribution in [2.75, 3.05) is 6.54 Å². The molecule has 0 spiro atoms. The minimum Gasteiger partial charge on any atom is -0.389 e. The summed E-state index contributed by atoms with van der Waals surface area (Å²) in [7, 11) is 0. The van der Waals surface area contributed by atoms with E-state index < -0.39 is 5.60 Å². The standard InChI is InChI=1S/C8H16N2O/c1-7(9)4-5-10-6-8(2,3)11/h4-5,9-11H,6H2,1-3H3/b5-4-,9-7?. The average molecular weight is 156 g/mol. The van der Waals surface area contributed by atoms with Crippen molar-refractivity contribution >= 4 is 5.71 Å². The minimum absolute atomic E-state index is 0.494. The van der Waals surface area contributed by atoms with Crippen molar-refractivity contribution in [2.24, 2.45) is 0 Å². The van der Waals surface area contributed by atoms with Crippen LogP contribution < -0.4 is 5.32 Å². The first kappa shape index (κ1) is 10.2. The topological polar surface area (TPSA) is 56.1 Å². The molecule has 0 aromatic carbocycles. The number of nitrogens with one attached hydrogen (secondary N) is 2. The molecule has 3 heteroatoms. The van der Waals surface area contributed by atoms with Crippen LogP contribution in [0.1, 0.15) is 20.8 Å². The molecular formula is C8H16N2O. The lowest BCUT2D eigenvalue weighted by molar-refractivity contribution is 0.0835. The molecule has 0 atom stereocenters. The minimum atomic E-state index is -0.694.